The van der Waals surface area contributed by atoms with Crippen LogP contribution in [0.1, 0.15) is 43.9 Å². The summed E-state index contributed by atoms with van der Waals surface area (Å²) in [5.74, 6) is 0.0628. The number of furan rings is 1. The summed E-state index contributed by atoms with van der Waals surface area (Å²) in [4.78, 5) is 5.76. The zero-order valence-corrected chi connectivity index (χ0v) is 34.0. The average molecular weight is 770 g/mol. The number of fused-ring (bicyclic) bond motifs is 6. The Balaban J connectivity index is 1.11. The minimum atomic E-state index is 0.0628. The van der Waals surface area contributed by atoms with Gasteiger partial charge in [0.25, 0.3) is 0 Å². The van der Waals surface area contributed by atoms with E-state index in [1.165, 1.54) is 60.2 Å². The molecule has 286 valence electrons. The molecule has 0 fully saturated rings. The first kappa shape index (κ1) is 35.8. The second-order valence-electron chi connectivity index (χ2n) is 16.3. The van der Waals surface area contributed by atoms with Crippen LogP contribution in [0.15, 0.2) is 209 Å². The van der Waals surface area contributed by atoms with Crippen molar-refractivity contribution >= 4 is 71.2 Å². The summed E-state index contributed by atoms with van der Waals surface area (Å²) >= 11 is 0. The van der Waals surface area contributed by atoms with Crippen molar-refractivity contribution in [3.05, 3.63) is 216 Å². The number of rotatable bonds is 5. The molecular weight excluding hydrogens is 727 g/mol. The quantitative estimate of drug-likeness (QED) is 0.171. The first-order valence-electron chi connectivity index (χ1n) is 21.0. The lowest BCUT2D eigenvalue weighted by atomic mass is 9.81. The Morgan fingerprint density at radius 3 is 1.80 bits per heavy atom. The molecule has 1 aliphatic heterocycles. The molecule has 1 unspecified atom stereocenters. The van der Waals surface area contributed by atoms with Crippen molar-refractivity contribution < 1.29 is 4.42 Å². The van der Waals surface area contributed by atoms with Crippen molar-refractivity contribution in [3.63, 3.8) is 0 Å². The molecule has 1 aliphatic rings. The van der Waals surface area contributed by atoms with Gasteiger partial charge in [-0.3, -0.25) is 4.99 Å². The van der Waals surface area contributed by atoms with Gasteiger partial charge in [0, 0.05) is 33.4 Å². The Hall–Kier alpha value is -7.29. The molecule has 1 aromatic heterocycles. The molecule has 0 radical (unpaired) electrons. The number of benzene rings is 9. The lowest BCUT2D eigenvalue weighted by Gasteiger charge is -2.26. The van der Waals surface area contributed by atoms with E-state index in [4.69, 9.17) is 9.41 Å². The van der Waals surface area contributed by atoms with E-state index in [2.05, 4.69) is 209 Å². The van der Waals surface area contributed by atoms with Crippen molar-refractivity contribution in [2.24, 2.45) is 10.9 Å². The second-order valence-corrected chi connectivity index (χ2v) is 16.3. The van der Waals surface area contributed by atoms with Crippen LogP contribution in [0.4, 0.5) is 0 Å². The summed E-state index contributed by atoms with van der Waals surface area (Å²) in [6.45, 7) is 6.91. The monoisotopic (exact) mass is 769 g/mol. The average Bonchev–Trinajstić information content (AvgIpc) is 3.70. The van der Waals surface area contributed by atoms with Crippen LogP contribution >= 0.6 is 0 Å². The molecule has 2 heteroatoms. The van der Waals surface area contributed by atoms with Crippen molar-refractivity contribution in [2.75, 3.05) is 0 Å². The van der Waals surface area contributed by atoms with Gasteiger partial charge in [-0.2, -0.15) is 0 Å². The molecule has 0 saturated heterocycles. The van der Waals surface area contributed by atoms with Gasteiger partial charge in [-0.1, -0.05) is 182 Å². The number of hydrogen-bond donors (Lipinski definition) is 0. The normalized spacial score (nSPS) is 18.2. The largest absolute Gasteiger partial charge is 0.455 e. The highest BCUT2D eigenvalue weighted by atomic mass is 16.3. The molecule has 11 rings (SSSR count). The van der Waals surface area contributed by atoms with E-state index in [-0.39, 0.29) is 5.92 Å². The molecular formula is C58H43NO. The van der Waals surface area contributed by atoms with E-state index in [1.54, 1.807) is 0 Å². The predicted octanol–water partition coefficient (Wildman–Crippen LogP) is 16.1. The Kier molecular flexibility index (Phi) is 8.67. The van der Waals surface area contributed by atoms with Gasteiger partial charge in [0.05, 0.1) is 11.4 Å². The number of allylic oxidation sites excluding steroid dienone is 3. The van der Waals surface area contributed by atoms with Gasteiger partial charge in [0.2, 0.25) is 0 Å². The van der Waals surface area contributed by atoms with Crippen molar-refractivity contribution in [1.82, 2.24) is 0 Å². The Bertz CT molecular complexity index is 3430. The Labute approximate surface area is 350 Å². The van der Waals surface area contributed by atoms with Gasteiger partial charge >= 0.3 is 0 Å². The third-order valence-corrected chi connectivity index (χ3v) is 12.8. The minimum Gasteiger partial charge on any atom is -0.455 e. The molecule has 1 atom stereocenters. The highest BCUT2D eigenvalue weighted by molar-refractivity contribution is 6.21. The highest BCUT2D eigenvalue weighted by Gasteiger charge is 2.26. The van der Waals surface area contributed by atoms with E-state index in [1.807, 2.05) is 0 Å². The van der Waals surface area contributed by atoms with E-state index < -0.39 is 0 Å². The van der Waals surface area contributed by atoms with E-state index in [9.17, 15) is 0 Å². The molecule has 9 aromatic carbocycles. The zero-order chi connectivity index (χ0) is 40.3. The molecule has 0 aliphatic carbocycles. The van der Waals surface area contributed by atoms with Crippen molar-refractivity contribution in [2.45, 2.75) is 27.2 Å². The maximum Gasteiger partial charge on any atom is 0.143 e. The molecule has 0 amide bonds. The maximum absolute atomic E-state index is 6.80. The SMILES string of the molecule is C/C1=C(c2ccc3ccccc3c2)/N=C(/c2ccc(-c3cccc4oc5c(-c6ccc7ccccc7c6)cccc5c34)c3ccccc23)C(C)/C(C)=C(/c2ccccc2)C1. The summed E-state index contributed by atoms with van der Waals surface area (Å²) in [6, 6.07) is 68.0. The number of nitrogens with zero attached hydrogens (tertiary/aromatic N) is 1. The molecule has 2 heterocycles. The summed E-state index contributed by atoms with van der Waals surface area (Å²) in [5, 5.41) is 9.53. The van der Waals surface area contributed by atoms with Crippen molar-refractivity contribution in [3.8, 4) is 22.3 Å². The van der Waals surface area contributed by atoms with Crippen LogP contribution in [0.5, 0.6) is 0 Å². The van der Waals surface area contributed by atoms with Gasteiger partial charge < -0.3 is 4.42 Å². The van der Waals surface area contributed by atoms with Crippen LogP contribution in [0.25, 0.3) is 87.8 Å². The second kappa shape index (κ2) is 14.5. The van der Waals surface area contributed by atoms with E-state index in [0.717, 1.165) is 67.6 Å². The molecule has 0 spiro atoms. The van der Waals surface area contributed by atoms with Gasteiger partial charge in [-0.15, -0.1) is 0 Å². The molecule has 0 saturated carbocycles. The summed E-state index contributed by atoms with van der Waals surface area (Å²) in [7, 11) is 0. The molecule has 10 aromatic rings. The van der Waals surface area contributed by atoms with Gasteiger partial charge in [0.1, 0.15) is 11.2 Å². The first-order chi connectivity index (χ1) is 29.5. The first-order valence-corrected chi connectivity index (χ1v) is 21.0. The minimum absolute atomic E-state index is 0.0628. The smallest absolute Gasteiger partial charge is 0.143 e. The lowest BCUT2D eigenvalue weighted by molar-refractivity contribution is 0.670. The fourth-order valence-corrected chi connectivity index (χ4v) is 9.59. The Morgan fingerprint density at radius 2 is 1.05 bits per heavy atom. The standard InChI is InChI=1S/C58H43NO/c1-36-33-53(41-17-5-4-6-18-41)37(2)38(3)57(59-56(36)45-30-28-40-16-8-10-20-43(40)35-45)51-32-31-49(47-21-11-12-22-48(47)51)50-24-14-26-54-55(50)52-25-13-23-46(58(52)60-54)44-29-27-39-15-7-9-19-42(39)34-44/h4-32,34-35,38H,33H2,1-3H3/b53-37+,56-36-,59-57+. The maximum atomic E-state index is 6.80. The topological polar surface area (TPSA) is 25.5 Å². The summed E-state index contributed by atoms with van der Waals surface area (Å²) < 4.78 is 6.80. The number of aliphatic imine (C=N–C) groups is 1. The van der Waals surface area contributed by atoms with Gasteiger partial charge in [-0.05, 0) is 104 Å². The van der Waals surface area contributed by atoms with Crippen LogP contribution in [0.2, 0.25) is 0 Å². The van der Waals surface area contributed by atoms with Crippen LogP contribution in [-0.4, -0.2) is 5.71 Å². The fraction of sp³-hybridized carbons (Fsp3) is 0.0862. The highest BCUT2D eigenvalue weighted by Crippen LogP contribution is 2.44. The van der Waals surface area contributed by atoms with Gasteiger partial charge in [-0.25, -0.2) is 0 Å². The van der Waals surface area contributed by atoms with E-state index >= 15 is 0 Å². The number of hydrogen-bond acceptors (Lipinski definition) is 2. The third-order valence-electron chi connectivity index (χ3n) is 12.8. The van der Waals surface area contributed by atoms with Crippen LogP contribution in [0.3, 0.4) is 0 Å². The van der Waals surface area contributed by atoms with Crippen molar-refractivity contribution in [1.29, 1.82) is 0 Å². The van der Waals surface area contributed by atoms with Crippen LogP contribution in [-0.2, 0) is 0 Å². The molecule has 60 heavy (non-hydrogen) atoms. The van der Waals surface area contributed by atoms with E-state index in [0.29, 0.717) is 0 Å². The third kappa shape index (κ3) is 5.98. The molecule has 2 nitrogen and oxygen atoms in total. The van der Waals surface area contributed by atoms with Crippen LogP contribution < -0.4 is 0 Å². The molecule has 0 bridgehead atoms. The lowest BCUT2D eigenvalue weighted by Crippen LogP contribution is -2.18. The Morgan fingerprint density at radius 1 is 0.467 bits per heavy atom. The predicted molar refractivity (Wildman–Crippen MR) is 255 cm³/mol. The molecule has 0 N–H and O–H groups in total. The van der Waals surface area contributed by atoms with Gasteiger partial charge in [0.15, 0.2) is 0 Å². The fourth-order valence-electron chi connectivity index (χ4n) is 9.59. The summed E-state index contributed by atoms with van der Waals surface area (Å²) in [6.07, 6.45) is 0.837. The number of para-hydroxylation sites is 1. The summed E-state index contributed by atoms with van der Waals surface area (Å²) in [5.41, 5.74) is 16.1. The zero-order valence-electron chi connectivity index (χ0n) is 34.0. The van der Waals surface area contributed by atoms with Crippen LogP contribution in [0, 0.1) is 5.92 Å².